The first-order valence-electron chi connectivity index (χ1n) is 5.29. The van der Waals surface area contributed by atoms with E-state index in [4.69, 9.17) is 0 Å². The molecule has 0 aliphatic heterocycles. The molecule has 0 aromatic heterocycles. The average molecular weight is 260 g/mol. The Balaban J connectivity index is 2.68. The molecule has 0 saturated heterocycles. The van der Waals surface area contributed by atoms with Crippen molar-refractivity contribution in [1.82, 2.24) is 9.62 Å². The van der Waals surface area contributed by atoms with Gasteiger partial charge in [-0.05, 0) is 24.7 Å². The van der Waals surface area contributed by atoms with Gasteiger partial charge in [-0.15, -0.1) is 0 Å². The maximum absolute atomic E-state index is 12.9. The maximum atomic E-state index is 12.9. The third-order valence-corrected chi connectivity index (χ3v) is 4.18. The number of halogens is 1. The number of rotatable bonds is 6. The van der Waals surface area contributed by atoms with E-state index in [1.807, 2.05) is 0 Å². The zero-order valence-corrected chi connectivity index (χ0v) is 10.8. The third-order valence-electron chi connectivity index (χ3n) is 2.38. The van der Waals surface area contributed by atoms with Gasteiger partial charge in [0.15, 0.2) is 0 Å². The second kappa shape index (κ2) is 6.09. The molecule has 0 saturated carbocycles. The molecule has 0 amide bonds. The van der Waals surface area contributed by atoms with Crippen LogP contribution in [0, 0.1) is 5.82 Å². The van der Waals surface area contributed by atoms with Crippen molar-refractivity contribution in [3.8, 4) is 0 Å². The van der Waals surface area contributed by atoms with E-state index in [1.54, 1.807) is 19.2 Å². The van der Waals surface area contributed by atoms with Crippen molar-refractivity contribution in [2.75, 3.05) is 26.4 Å². The second-order valence-electron chi connectivity index (χ2n) is 3.81. The minimum absolute atomic E-state index is 0.0370. The van der Waals surface area contributed by atoms with Gasteiger partial charge in [0.1, 0.15) is 5.82 Å². The summed E-state index contributed by atoms with van der Waals surface area (Å²) in [6.45, 7) is 0.583. The Kier molecular flexibility index (Phi) is 5.04. The summed E-state index contributed by atoms with van der Waals surface area (Å²) in [5.74, 6) is -0.321. The molecule has 96 valence electrons. The quantitative estimate of drug-likeness (QED) is 0.823. The fourth-order valence-electron chi connectivity index (χ4n) is 1.38. The molecular formula is C11H17FN2O2S. The minimum atomic E-state index is -3.29. The zero-order chi connectivity index (χ0) is 12.9. The van der Waals surface area contributed by atoms with Gasteiger partial charge >= 0.3 is 0 Å². The topological polar surface area (TPSA) is 49.4 Å². The first kappa shape index (κ1) is 14.1. The molecule has 4 nitrogen and oxygen atoms in total. The largest absolute Gasteiger partial charge is 0.319 e. The van der Waals surface area contributed by atoms with E-state index in [1.165, 1.54) is 23.5 Å². The van der Waals surface area contributed by atoms with Crippen LogP contribution in [0.25, 0.3) is 0 Å². The van der Waals surface area contributed by atoms with Crippen molar-refractivity contribution >= 4 is 10.0 Å². The first-order chi connectivity index (χ1) is 7.95. The molecule has 1 aromatic rings. The third kappa shape index (κ3) is 4.41. The molecule has 0 unspecified atom stereocenters. The van der Waals surface area contributed by atoms with Gasteiger partial charge in [0.2, 0.25) is 10.0 Å². The lowest BCUT2D eigenvalue weighted by Crippen LogP contribution is -2.32. The van der Waals surface area contributed by atoms with Gasteiger partial charge in [0.25, 0.3) is 0 Å². The van der Waals surface area contributed by atoms with Crippen LogP contribution >= 0.6 is 0 Å². The van der Waals surface area contributed by atoms with Crippen LogP contribution in [0.4, 0.5) is 4.39 Å². The SMILES string of the molecule is CNCCS(=O)(=O)N(C)Cc1cccc(F)c1. The molecule has 6 heteroatoms. The lowest BCUT2D eigenvalue weighted by molar-refractivity contribution is 0.464. The van der Waals surface area contributed by atoms with Crippen molar-refractivity contribution in [3.63, 3.8) is 0 Å². The Morgan fingerprint density at radius 2 is 2.12 bits per heavy atom. The van der Waals surface area contributed by atoms with Crippen molar-refractivity contribution in [3.05, 3.63) is 35.6 Å². The molecule has 1 rings (SSSR count). The Labute approximate surface area is 101 Å². The Morgan fingerprint density at radius 3 is 2.71 bits per heavy atom. The second-order valence-corrected chi connectivity index (χ2v) is 6.00. The van der Waals surface area contributed by atoms with E-state index in [0.29, 0.717) is 12.1 Å². The first-order valence-corrected chi connectivity index (χ1v) is 6.89. The van der Waals surface area contributed by atoms with Gasteiger partial charge in [-0.25, -0.2) is 17.1 Å². The Bertz CT molecular complexity index is 462. The maximum Gasteiger partial charge on any atom is 0.215 e. The predicted molar refractivity (Wildman–Crippen MR) is 65.6 cm³/mol. The molecule has 1 N–H and O–H groups in total. The van der Waals surface area contributed by atoms with Gasteiger partial charge in [-0.3, -0.25) is 0 Å². The number of hydrogen-bond acceptors (Lipinski definition) is 3. The number of nitrogens with one attached hydrogen (secondary N) is 1. The molecule has 0 bridgehead atoms. The van der Waals surface area contributed by atoms with E-state index in [9.17, 15) is 12.8 Å². The molecule has 17 heavy (non-hydrogen) atoms. The molecular weight excluding hydrogens is 243 g/mol. The van der Waals surface area contributed by atoms with Crippen LogP contribution in [-0.4, -0.2) is 39.1 Å². The highest BCUT2D eigenvalue weighted by Crippen LogP contribution is 2.09. The van der Waals surface area contributed by atoms with E-state index >= 15 is 0 Å². The van der Waals surface area contributed by atoms with E-state index < -0.39 is 10.0 Å². The van der Waals surface area contributed by atoms with Crippen LogP contribution in [0.15, 0.2) is 24.3 Å². The molecule has 0 radical (unpaired) electrons. The predicted octanol–water partition coefficient (Wildman–Crippen LogP) is 0.807. The molecule has 0 atom stereocenters. The fraction of sp³-hybridized carbons (Fsp3) is 0.455. The lowest BCUT2D eigenvalue weighted by atomic mass is 10.2. The normalized spacial score (nSPS) is 12.0. The van der Waals surface area contributed by atoms with E-state index in [0.717, 1.165) is 0 Å². The molecule has 0 heterocycles. The molecule has 0 fully saturated rings. The minimum Gasteiger partial charge on any atom is -0.319 e. The summed E-state index contributed by atoms with van der Waals surface area (Å²) in [4.78, 5) is 0. The monoisotopic (exact) mass is 260 g/mol. The molecule has 0 aliphatic rings. The summed E-state index contributed by atoms with van der Waals surface area (Å²) < 4.78 is 37.7. The molecule has 0 aliphatic carbocycles. The van der Waals surface area contributed by atoms with Crippen molar-refractivity contribution < 1.29 is 12.8 Å². The summed E-state index contributed by atoms with van der Waals surface area (Å²) >= 11 is 0. The Morgan fingerprint density at radius 1 is 1.41 bits per heavy atom. The lowest BCUT2D eigenvalue weighted by Gasteiger charge is -2.17. The highest BCUT2D eigenvalue weighted by atomic mass is 32.2. The highest BCUT2D eigenvalue weighted by molar-refractivity contribution is 7.89. The van der Waals surface area contributed by atoms with Gasteiger partial charge in [0, 0.05) is 20.1 Å². The van der Waals surface area contributed by atoms with E-state index in [2.05, 4.69) is 5.32 Å². The summed E-state index contributed by atoms with van der Waals surface area (Å²) in [7, 11) is -0.0926. The van der Waals surface area contributed by atoms with Gasteiger partial charge in [-0.2, -0.15) is 0 Å². The van der Waals surface area contributed by atoms with Crippen LogP contribution < -0.4 is 5.32 Å². The average Bonchev–Trinajstić information content (AvgIpc) is 2.26. The highest BCUT2D eigenvalue weighted by Gasteiger charge is 2.17. The smallest absolute Gasteiger partial charge is 0.215 e. The number of benzene rings is 1. The summed E-state index contributed by atoms with van der Waals surface area (Å²) in [6, 6.07) is 5.94. The number of sulfonamides is 1. The number of hydrogen-bond donors (Lipinski definition) is 1. The number of nitrogens with zero attached hydrogens (tertiary/aromatic N) is 1. The van der Waals surface area contributed by atoms with E-state index in [-0.39, 0.29) is 18.1 Å². The summed E-state index contributed by atoms with van der Waals surface area (Å²) in [6.07, 6.45) is 0. The van der Waals surface area contributed by atoms with Crippen molar-refractivity contribution in [2.45, 2.75) is 6.54 Å². The van der Waals surface area contributed by atoms with Gasteiger partial charge < -0.3 is 5.32 Å². The van der Waals surface area contributed by atoms with Crippen LogP contribution in [0.1, 0.15) is 5.56 Å². The van der Waals surface area contributed by atoms with Crippen LogP contribution in [0.5, 0.6) is 0 Å². The summed E-state index contributed by atoms with van der Waals surface area (Å²) in [5.41, 5.74) is 0.639. The standard InChI is InChI=1S/C11H17FN2O2S/c1-13-6-7-17(15,16)14(2)9-10-4-3-5-11(12)8-10/h3-5,8,13H,6-7,9H2,1-2H3. The zero-order valence-electron chi connectivity index (χ0n) is 9.98. The van der Waals surface area contributed by atoms with Crippen molar-refractivity contribution in [1.29, 1.82) is 0 Å². The summed E-state index contributed by atoms with van der Waals surface area (Å²) in [5, 5.41) is 2.79. The van der Waals surface area contributed by atoms with Crippen LogP contribution in [0.3, 0.4) is 0 Å². The van der Waals surface area contributed by atoms with Gasteiger partial charge in [0.05, 0.1) is 5.75 Å². The Hall–Kier alpha value is -0.980. The van der Waals surface area contributed by atoms with Crippen molar-refractivity contribution in [2.24, 2.45) is 0 Å². The molecule has 0 spiro atoms. The fourth-order valence-corrected chi connectivity index (χ4v) is 2.50. The van der Waals surface area contributed by atoms with Gasteiger partial charge in [-0.1, -0.05) is 12.1 Å². The van der Waals surface area contributed by atoms with Crippen LogP contribution in [-0.2, 0) is 16.6 Å². The van der Waals surface area contributed by atoms with Crippen LogP contribution in [0.2, 0.25) is 0 Å². The molecule has 1 aromatic carbocycles.